The molecule has 0 amide bonds. The second-order valence-corrected chi connectivity index (χ2v) is 4.21. The normalized spacial score (nSPS) is 20.1. The molecule has 76 valence electrons. The summed E-state index contributed by atoms with van der Waals surface area (Å²) in [6, 6.07) is 1.76. The predicted octanol–water partition coefficient (Wildman–Crippen LogP) is 2.69. The number of aromatic nitrogens is 1. The van der Waals surface area contributed by atoms with Crippen molar-refractivity contribution in [1.82, 2.24) is 4.98 Å². The van der Waals surface area contributed by atoms with Gasteiger partial charge in [-0.3, -0.25) is 4.98 Å². The highest BCUT2D eigenvalue weighted by molar-refractivity contribution is 9.10. The molecular weight excluding hydrogens is 254 g/mol. The van der Waals surface area contributed by atoms with Crippen LogP contribution in [0.15, 0.2) is 22.9 Å². The lowest BCUT2D eigenvalue weighted by Gasteiger charge is -2.18. The van der Waals surface area contributed by atoms with E-state index in [1.54, 1.807) is 23.4 Å². The molecule has 5 heteroatoms. The predicted molar refractivity (Wildman–Crippen MR) is 53.7 cm³/mol. The van der Waals surface area contributed by atoms with Crippen LogP contribution in [0, 0.1) is 0 Å². The van der Waals surface area contributed by atoms with E-state index in [9.17, 15) is 8.78 Å². The summed E-state index contributed by atoms with van der Waals surface area (Å²) in [5.74, 6) is -2.56. The van der Waals surface area contributed by atoms with Crippen molar-refractivity contribution in [3.05, 3.63) is 22.9 Å². The zero-order valence-corrected chi connectivity index (χ0v) is 8.97. The molecule has 0 unspecified atom stereocenters. The highest BCUT2D eigenvalue weighted by Crippen LogP contribution is 2.33. The molecule has 2 heterocycles. The topological polar surface area (TPSA) is 16.1 Å². The average Bonchev–Trinajstić information content (AvgIpc) is 2.47. The summed E-state index contributed by atoms with van der Waals surface area (Å²) in [6.07, 6.45) is 3.15. The van der Waals surface area contributed by atoms with Crippen LogP contribution < -0.4 is 4.90 Å². The Labute approximate surface area is 89.1 Å². The van der Waals surface area contributed by atoms with E-state index in [0.29, 0.717) is 6.54 Å². The molecule has 0 N–H and O–H groups in total. The number of pyridine rings is 1. The molecule has 0 aliphatic carbocycles. The van der Waals surface area contributed by atoms with Gasteiger partial charge >= 0.3 is 0 Å². The smallest absolute Gasteiger partial charge is 0.266 e. The Morgan fingerprint density at radius 3 is 2.86 bits per heavy atom. The second-order valence-electron chi connectivity index (χ2n) is 3.35. The van der Waals surface area contributed by atoms with Crippen LogP contribution in [-0.2, 0) is 0 Å². The molecule has 2 rings (SSSR count). The van der Waals surface area contributed by atoms with Gasteiger partial charge in [0, 0.05) is 23.6 Å². The zero-order valence-electron chi connectivity index (χ0n) is 7.38. The van der Waals surface area contributed by atoms with E-state index in [1.807, 2.05) is 0 Å². The Morgan fingerprint density at radius 2 is 2.29 bits per heavy atom. The first-order valence-electron chi connectivity index (χ1n) is 4.31. The number of hydrogen-bond acceptors (Lipinski definition) is 2. The van der Waals surface area contributed by atoms with E-state index in [0.717, 1.165) is 10.2 Å². The first kappa shape index (κ1) is 9.83. The lowest BCUT2D eigenvalue weighted by molar-refractivity contribution is 0.0257. The van der Waals surface area contributed by atoms with Gasteiger partial charge in [-0.1, -0.05) is 0 Å². The van der Waals surface area contributed by atoms with E-state index in [4.69, 9.17) is 0 Å². The summed E-state index contributed by atoms with van der Waals surface area (Å²) >= 11 is 3.32. The third-order valence-corrected chi connectivity index (χ3v) is 2.93. The Hall–Kier alpha value is -0.710. The number of halogens is 3. The van der Waals surface area contributed by atoms with E-state index < -0.39 is 5.92 Å². The molecule has 1 aromatic rings. The first-order valence-corrected chi connectivity index (χ1v) is 5.10. The fourth-order valence-corrected chi connectivity index (χ4v) is 2.01. The van der Waals surface area contributed by atoms with E-state index in [2.05, 4.69) is 20.9 Å². The van der Waals surface area contributed by atoms with Crippen LogP contribution in [0.4, 0.5) is 14.5 Å². The van der Waals surface area contributed by atoms with Crippen LogP contribution >= 0.6 is 15.9 Å². The maximum Gasteiger partial charge on any atom is 0.266 e. The molecule has 0 spiro atoms. The summed E-state index contributed by atoms with van der Waals surface area (Å²) < 4.78 is 26.7. The number of hydrogen-bond donors (Lipinski definition) is 0. The first-order chi connectivity index (χ1) is 6.58. The van der Waals surface area contributed by atoms with Gasteiger partial charge in [0.15, 0.2) is 0 Å². The maximum atomic E-state index is 12.9. The van der Waals surface area contributed by atoms with Crippen molar-refractivity contribution in [2.24, 2.45) is 0 Å². The lowest BCUT2D eigenvalue weighted by atomic mass is 10.3. The standard InChI is InChI=1S/C9H9BrF2N2/c10-7-1-3-13-5-8(7)14-4-2-9(11,12)6-14/h1,3,5H,2,4,6H2. The fraction of sp³-hybridized carbons (Fsp3) is 0.444. The monoisotopic (exact) mass is 262 g/mol. The van der Waals surface area contributed by atoms with Gasteiger partial charge in [0.05, 0.1) is 18.4 Å². The van der Waals surface area contributed by atoms with Crippen LogP contribution in [-0.4, -0.2) is 24.0 Å². The molecule has 0 radical (unpaired) electrons. The summed E-state index contributed by atoms with van der Waals surface area (Å²) in [4.78, 5) is 5.57. The summed E-state index contributed by atoms with van der Waals surface area (Å²) in [7, 11) is 0. The lowest BCUT2D eigenvalue weighted by Crippen LogP contribution is -2.25. The van der Waals surface area contributed by atoms with Gasteiger partial charge in [-0.15, -0.1) is 0 Å². The molecule has 0 saturated carbocycles. The van der Waals surface area contributed by atoms with Gasteiger partial charge in [0.1, 0.15) is 0 Å². The van der Waals surface area contributed by atoms with Crippen molar-refractivity contribution in [3.63, 3.8) is 0 Å². The quantitative estimate of drug-likeness (QED) is 0.774. The molecule has 14 heavy (non-hydrogen) atoms. The van der Waals surface area contributed by atoms with Crippen LogP contribution in [0.2, 0.25) is 0 Å². The zero-order chi connectivity index (χ0) is 10.2. The van der Waals surface area contributed by atoms with Crippen molar-refractivity contribution >= 4 is 21.6 Å². The van der Waals surface area contributed by atoms with E-state index in [-0.39, 0.29) is 13.0 Å². The van der Waals surface area contributed by atoms with Crippen LogP contribution in [0.3, 0.4) is 0 Å². The largest absolute Gasteiger partial charge is 0.363 e. The number of anilines is 1. The summed E-state index contributed by atoms with van der Waals surface area (Å²) in [5, 5.41) is 0. The highest BCUT2D eigenvalue weighted by Gasteiger charge is 2.38. The Bertz CT molecular complexity index is 343. The molecule has 0 atom stereocenters. The van der Waals surface area contributed by atoms with Gasteiger partial charge in [-0.2, -0.15) is 0 Å². The molecule has 1 fully saturated rings. The van der Waals surface area contributed by atoms with Gasteiger partial charge in [0.2, 0.25) is 0 Å². The Balaban J connectivity index is 2.22. The molecule has 2 nitrogen and oxygen atoms in total. The van der Waals surface area contributed by atoms with E-state index in [1.165, 1.54) is 0 Å². The number of rotatable bonds is 1. The Morgan fingerprint density at radius 1 is 1.50 bits per heavy atom. The second kappa shape index (κ2) is 3.46. The fourth-order valence-electron chi connectivity index (χ4n) is 1.54. The van der Waals surface area contributed by atoms with Gasteiger partial charge in [-0.05, 0) is 22.0 Å². The van der Waals surface area contributed by atoms with Gasteiger partial charge in [0.25, 0.3) is 5.92 Å². The van der Waals surface area contributed by atoms with Crippen molar-refractivity contribution < 1.29 is 8.78 Å². The third kappa shape index (κ3) is 1.87. The molecule has 1 aromatic heterocycles. The van der Waals surface area contributed by atoms with Crippen LogP contribution in [0.5, 0.6) is 0 Å². The highest BCUT2D eigenvalue weighted by atomic mass is 79.9. The average molecular weight is 263 g/mol. The van der Waals surface area contributed by atoms with Crippen molar-refractivity contribution in [1.29, 1.82) is 0 Å². The van der Waals surface area contributed by atoms with E-state index >= 15 is 0 Å². The van der Waals surface area contributed by atoms with Crippen LogP contribution in [0.25, 0.3) is 0 Å². The molecule has 1 aliphatic rings. The minimum atomic E-state index is -2.56. The van der Waals surface area contributed by atoms with Crippen LogP contribution in [0.1, 0.15) is 6.42 Å². The number of alkyl halides is 2. The van der Waals surface area contributed by atoms with Gasteiger partial charge in [-0.25, -0.2) is 8.78 Å². The number of nitrogens with zero attached hydrogens (tertiary/aromatic N) is 2. The van der Waals surface area contributed by atoms with Crippen molar-refractivity contribution in [2.75, 3.05) is 18.0 Å². The minimum Gasteiger partial charge on any atom is -0.363 e. The van der Waals surface area contributed by atoms with Gasteiger partial charge < -0.3 is 4.90 Å². The Kier molecular flexibility index (Phi) is 2.43. The summed E-state index contributed by atoms with van der Waals surface area (Å²) in [5.41, 5.74) is 0.740. The molecule has 0 bridgehead atoms. The molecular formula is C9H9BrF2N2. The summed E-state index contributed by atoms with van der Waals surface area (Å²) in [6.45, 7) is 0.175. The van der Waals surface area contributed by atoms with Crippen molar-refractivity contribution in [2.45, 2.75) is 12.3 Å². The molecule has 0 aromatic carbocycles. The minimum absolute atomic E-state index is 0.0751. The van der Waals surface area contributed by atoms with Crippen molar-refractivity contribution in [3.8, 4) is 0 Å². The molecule has 1 saturated heterocycles. The maximum absolute atomic E-state index is 12.9. The third-order valence-electron chi connectivity index (χ3n) is 2.26. The SMILES string of the molecule is FC1(F)CCN(c2cnccc2Br)C1. The molecule has 1 aliphatic heterocycles.